The summed E-state index contributed by atoms with van der Waals surface area (Å²) in [6.07, 6.45) is 2.50. The molecule has 38 heavy (non-hydrogen) atoms. The number of carbonyl (C=O) groups is 2. The fourth-order valence-corrected chi connectivity index (χ4v) is 5.00. The molecule has 2 aliphatic rings. The Morgan fingerprint density at radius 1 is 1.08 bits per heavy atom. The summed E-state index contributed by atoms with van der Waals surface area (Å²) in [6, 6.07) is 19.4. The molecular weight excluding hydrogens is 480 g/mol. The Balaban J connectivity index is 1.68. The average molecular weight is 513 g/mol. The summed E-state index contributed by atoms with van der Waals surface area (Å²) in [5, 5.41) is 11.6. The summed E-state index contributed by atoms with van der Waals surface area (Å²) in [4.78, 5) is 30.6. The van der Waals surface area contributed by atoms with E-state index in [1.54, 1.807) is 18.2 Å². The van der Waals surface area contributed by atoms with Crippen LogP contribution in [0.25, 0.3) is 5.76 Å². The summed E-state index contributed by atoms with van der Waals surface area (Å²) < 4.78 is 11.7. The van der Waals surface area contributed by atoms with E-state index in [0.717, 1.165) is 36.3 Å². The minimum absolute atomic E-state index is 0.0505. The third-order valence-corrected chi connectivity index (χ3v) is 6.94. The van der Waals surface area contributed by atoms with Crippen LogP contribution in [0, 0.1) is 0 Å². The van der Waals surface area contributed by atoms with E-state index in [4.69, 9.17) is 9.47 Å². The molecule has 0 radical (unpaired) electrons. The Kier molecular flexibility index (Phi) is 7.09. The van der Waals surface area contributed by atoms with Gasteiger partial charge in [-0.1, -0.05) is 31.2 Å². The van der Waals surface area contributed by atoms with E-state index in [1.165, 1.54) is 4.90 Å². The molecule has 7 nitrogen and oxygen atoms in total. The van der Waals surface area contributed by atoms with E-state index in [0.29, 0.717) is 35.8 Å². The molecule has 1 amide bonds. The van der Waals surface area contributed by atoms with Gasteiger partial charge in [-0.05, 0) is 72.9 Å². The number of ketones is 1. The molecule has 7 heteroatoms. The number of benzene rings is 3. The summed E-state index contributed by atoms with van der Waals surface area (Å²) in [5.41, 5.74) is 3.68. The van der Waals surface area contributed by atoms with Crippen molar-refractivity contribution in [3.05, 3.63) is 89.0 Å². The van der Waals surface area contributed by atoms with Gasteiger partial charge in [0, 0.05) is 25.3 Å². The molecule has 0 aliphatic carbocycles. The summed E-state index contributed by atoms with van der Waals surface area (Å²) >= 11 is 0. The van der Waals surface area contributed by atoms with Gasteiger partial charge in [0.05, 0.1) is 30.5 Å². The van der Waals surface area contributed by atoms with Crippen molar-refractivity contribution in [2.45, 2.75) is 32.2 Å². The third-order valence-electron chi connectivity index (χ3n) is 6.94. The van der Waals surface area contributed by atoms with E-state index in [1.807, 2.05) is 74.4 Å². The van der Waals surface area contributed by atoms with E-state index < -0.39 is 17.7 Å². The molecule has 2 heterocycles. The number of aliphatic hydroxyl groups excluding tert-OH is 1. The lowest BCUT2D eigenvalue weighted by Gasteiger charge is -2.27. The van der Waals surface area contributed by atoms with Crippen LogP contribution >= 0.6 is 0 Å². The van der Waals surface area contributed by atoms with E-state index >= 15 is 0 Å². The molecule has 0 saturated carbocycles. The summed E-state index contributed by atoms with van der Waals surface area (Å²) in [6.45, 7) is 3.14. The topological polar surface area (TPSA) is 79.3 Å². The molecule has 1 unspecified atom stereocenters. The lowest BCUT2D eigenvalue weighted by molar-refractivity contribution is -0.132. The number of anilines is 2. The third kappa shape index (κ3) is 4.60. The standard InChI is InChI=1S/C31H32N2O5/c1-4-17-37-26-10-6-5-9-24(26)33-28(20-11-14-23(15-12-20)32(2)3)27(30(35)31(33)36)29(34)22-13-16-25-21(19-22)8-7-18-38-25/h5-6,9-16,19,28,34H,4,7-8,17-18H2,1-3H3/b29-27-. The second kappa shape index (κ2) is 10.6. The van der Waals surface area contributed by atoms with Gasteiger partial charge < -0.3 is 19.5 Å². The first-order chi connectivity index (χ1) is 18.4. The minimum atomic E-state index is -0.829. The normalized spacial score (nSPS) is 18.2. The van der Waals surface area contributed by atoms with Gasteiger partial charge in [-0.25, -0.2) is 0 Å². The largest absolute Gasteiger partial charge is 0.507 e. The number of hydrogen-bond acceptors (Lipinski definition) is 6. The Hall–Kier alpha value is -4.26. The van der Waals surface area contributed by atoms with Crippen LogP contribution in [0.5, 0.6) is 11.5 Å². The molecule has 0 bridgehead atoms. The first kappa shape index (κ1) is 25.4. The van der Waals surface area contributed by atoms with Gasteiger partial charge in [-0.2, -0.15) is 0 Å². The number of fused-ring (bicyclic) bond motifs is 1. The molecule has 2 aliphatic heterocycles. The fraction of sp³-hybridized carbons (Fsp3) is 0.290. The molecule has 196 valence electrons. The van der Waals surface area contributed by atoms with Crippen LogP contribution in [0.15, 0.2) is 72.3 Å². The number of ether oxygens (including phenoxy) is 2. The van der Waals surface area contributed by atoms with Crippen molar-refractivity contribution in [1.82, 2.24) is 0 Å². The van der Waals surface area contributed by atoms with Crippen molar-refractivity contribution in [3.8, 4) is 11.5 Å². The highest BCUT2D eigenvalue weighted by Gasteiger charge is 2.47. The number of aliphatic hydroxyl groups is 1. The first-order valence-corrected chi connectivity index (χ1v) is 13.0. The zero-order valence-corrected chi connectivity index (χ0v) is 21.9. The highest BCUT2D eigenvalue weighted by atomic mass is 16.5. The molecule has 5 rings (SSSR count). The predicted octanol–water partition coefficient (Wildman–Crippen LogP) is 5.49. The molecule has 1 fully saturated rings. The molecular formula is C31H32N2O5. The molecule has 0 aromatic heterocycles. The first-order valence-electron chi connectivity index (χ1n) is 13.0. The van der Waals surface area contributed by atoms with Gasteiger partial charge in [0.15, 0.2) is 0 Å². The van der Waals surface area contributed by atoms with Gasteiger partial charge in [0.25, 0.3) is 11.7 Å². The maximum atomic E-state index is 13.6. The summed E-state index contributed by atoms with van der Waals surface area (Å²) in [7, 11) is 3.89. The molecule has 3 aromatic rings. The molecule has 3 aromatic carbocycles. The maximum absolute atomic E-state index is 13.6. The quantitative estimate of drug-likeness (QED) is 0.256. The molecule has 1 saturated heterocycles. The average Bonchev–Trinajstić information content (AvgIpc) is 3.21. The van der Waals surface area contributed by atoms with E-state index in [-0.39, 0.29) is 11.3 Å². The lowest BCUT2D eigenvalue weighted by Crippen LogP contribution is -2.30. The number of amides is 1. The Labute approximate surface area is 222 Å². The zero-order valence-electron chi connectivity index (χ0n) is 21.9. The van der Waals surface area contributed by atoms with Crippen LogP contribution < -0.4 is 19.3 Å². The smallest absolute Gasteiger partial charge is 0.300 e. The Bertz CT molecular complexity index is 1390. The Morgan fingerprint density at radius 2 is 1.84 bits per heavy atom. The van der Waals surface area contributed by atoms with Gasteiger partial charge in [0.2, 0.25) is 0 Å². The SMILES string of the molecule is CCCOc1ccccc1N1C(=O)C(=O)/C(=C(\O)c2ccc3c(c2)CCCO3)C1c1ccc(N(C)C)cc1. The number of rotatable bonds is 7. The zero-order chi connectivity index (χ0) is 26.8. The minimum Gasteiger partial charge on any atom is -0.507 e. The highest BCUT2D eigenvalue weighted by Crippen LogP contribution is 2.45. The van der Waals surface area contributed by atoms with Crippen LogP contribution in [-0.2, 0) is 16.0 Å². The predicted molar refractivity (Wildman–Crippen MR) is 148 cm³/mol. The van der Waals surface area contributed by atoms with Crippen molar-refractivity contribution in [2.75, 3.05) is 37.1 Å². The van der Waals surface area contributed by atoms with Crippen LogP contribution in [0.4, 0.5) is 11.4 Å². The second-order valence-electron chi connectivity index (χ2n) is 9.75. The van der Waals surface area contributed by atoms with Crippen molar-refractivity contribution in [1.29, 1.82) is 0 Å². The summed E-state index contributed by atoms with van der Waals surface area (Å²) in [5.74, 6) is -0.346. The van der Waals surface area contributed by atoms with Crippen molar-refractivity contribution < 1.29 is 24.2 Å². The van der Waals surface area contributed by atoms with Crippen LogP contribution in [0.1, 0.15) is 42.5 Å². The number of carbonyl (C=O) groups excluding carboxylic acids is 2. The number of nitrogens with zero attached hydrogens (tertiary/aromatic N) is 2. The second-order valence-corrected chi connectivity index (χ2v) is 9.75. The van der Waals surface area contributed by atoms with E-state index in [9.17, 15) is 14.7 Å². The molecule has 0 spiro atoms. The van der Waals surface area contributed by atoms with E-state index in [2.05, 4.69) is 0 Å². The number of para-hydroxylation sites is 2. The highest BCUT2D eigenvalue weighted by molar-refractivity contribution is 6.52. The van der Waals surface area contributed by atoms with Crippen molar-refractivity contribution in [3.63, 3.8) is 0 Å². The lowest BCUT2D eigenvalue weighted by atomic mass is 9.93. The Morgan fingerprint density at radius 3 is 2.58 bits per heavy atom. The number of aryl methyl sites for hydroxylation is 1. The molecule has 1 atom stereocenters. The van der Waals surface area contributed by atoms with Gasteiger partial charge in [-0.3, -0.25) is 14.5 Å². The van der Waals surface area contributed by atoms with Crippen LogP contribution in [-0.4, -0.2) is 44.1 Å². The van der Waals surface area contributed by atoms with Gasteiger partial charge in [0.1, 0.15) is 17.3 Å². The molecule has 1 N–H and O–H groups in total. The fourth-order valence-electron chi connectivity index (χ4n) is 5.00. The monoisotopic (exact) mass is 512 g/mol. The van der Waals surface area contributed by atoms with Crippen LogP contribution in [0.3, 0.4) is 0 Å². The van der Waals surface area contributed by atoms with Crippen LogP contribution in [0.2, 0.25) is 0 Å². The number of hydrogen-bond donors (Lipinski definition) is 1. The van der Waals surface area contributed by atoms with Crippen molar-refractivity contribution >= 4 is 28.8 Å². The number of Topliss-reactive ketones (excluding diaryl/α,β-unsaturated/α-hetero) is 1. The van der Waals surface area contributed by atoms with Gasteiger partial charge in [-0.15, -0.1) is 0 Å². The maximum Gasteiger partial charge on any atom is 0.300 e. The van der Waals surface area contributed by atoms with Crippen molar-refractivity contribution in [2.24, 2.45) is 0 Å². The van der Waals surface area contributed by atoms with Gasteiger partial charge >= 0.3 is 0 Å².